The first-order valence-corrected chi connectivity index (χ1v) is 4.56. The molecule has 2 nitrogen and oxygen atoms in total. The highest BCUT2D eigenvalue weighted by molar-refractivity contribution is 4.86. The Bertz CT molecular complexity index is 131. The van der Waals surface area contributed by atoms with E-state index in [0.717, 1.165) is 6.54 Å². The molecule has 0 heterocycles. The fraction of sp³-hybridized carbons (Fsp3) is 1.00. The third-order valence-electron chi connectivity index (χ3n) is 1.42. The van der Waals surface area contributed by atoms with Gasteiger partial charge in [0.15, 0.2) is 0 Å². The van der Waals surface area contributed by atoms with Gasteiger partial charge in [0.05, 0.1) is 0 Å². The van der Waals surface area contributed by atoms with Gasteiger partial charge in [0.2, 0.25) is 0 Å². The molecular formula is C10H24N2. The summed E-state index contributed by atoms with van der Waals surface area (Å²) in [7, 11) is 4.21. The molecule has 0 unspecified atom stereocenters. The van der Waals surface area contributed by atoms with Crippen molar-refractivity contribution in [1.29, 1.82) is 0 Å². The molecule has 0 amide bonds. The molecule has 12 heavy (non-hydrogen) atoms. The lowest BCUT2D eigenvalue weighted by atomic mass is 9.98. The molecule has 0 aliphatic carbocycles. The van der Waals surface area contributed by atoms with Crippen LogP contribution in [-0.2, 0) is 0 Å². The lowest BCUT2D eigenvalue weighted by Crippen LogP contribution is -2.54. The van der Waals surface area contributed by atoms with Gasteiger partial charge in [0.1, 0.15) is 0 Å². The fourth-order valence-electron chi connectivity index (χ4n) is 1.85. The molecule has 1 N–H and O–H groups in total. The standard InChI is InChI=1S/C10H24N2/c1-9(2,3)11-10(4,5)8-12(6)7/h11H,8H2,1-7H3. The van der Waals surface area contributed by atoms with E-state index in [9.17, 15) is 0 Å². The van der Waals surface area contributed by atoms with Gasteiger partial charge in [-0.2, -0.15) is 0 Å². The van der Waals surface area contributed by atoms with Crippen LogP contribution in [0.1, 0.15) is 34.6 Å². The van der Waals surface area contributed by atoms with Crippen LogP contribution in [0.5, 0.6) is 0 Å². The molecule has 0 saturated carbocycles. The van der Waals surface area contributed by atoms with Crippen LogP contribution in [0.15, 0.2) is 0 Å². The van der Waals surface area contributed by atoms with Crippen LogP contribution in [0.2, 0.25) is 0 Å². The maximum Gasteiger partial charge on any atom is 0.0256 e. The quantitative estimate of drug-likeness (QED) is 0.697. The van der Waals surface area contributed by atoms with Crippen LogP contribution in [0.25, 0.3) is 0 Å². The van der Waals surface area contributed by atoms with E-state index < -0.39 is 0 Å². The summed E-state index contributed by atoms with van der Waals surface area (Å²) >= 11 is 0. The molecule has 0 spiro atoms. The first-order valence-electron chi connectivity index (χ1n) is 4.56. The Morgan fingerprint density at radius 2 is 1.42 bits per heavy atom. The molecular weight excluding hydrogens is 148 g/mol. The van der Waals surface area contributed by atoms with Crippen molar-refractivity contribution in [3.8, 4) is 0 Å². The zero-order valence-electron chi connectivity index (χ0n) is 9.65. The van der Waals surface area contributed by atoms with Crippen molar-refractivity contribution < 1.29 is 0 Å². The van der Waals surface area contributed by atoms with Crippen LogP contribution in [0, 0.1) is 0 Å². The third-order valence-corrected chi connectivity index (χ3v) is 1.42. The van der Waals surface area contributed by atoms with Gasteiger partial charge in [-0.05, 0) is 48.7 Å². The largest absolute Gasteiger partial charge is 0.308 e. The van der Waals surface area contributed by atoms with Crippen molar-refractivity contribution in [2.45, 2.75) is 45.7 Å². The number of hydrogen-bond acceptors (Lipinski definition) is 2. The smallest absolute Gasteiger partial charge is 0.0256 e. The molecule has 74 valence electrons. The summed E-state index contributed by atoms with van der Waals surface area (Å²) in [6.07, 6.45) is 0. The van der Waals surface area contributed by atoms with Crippen LogP contribution in [-0.4, -0.2) is 36.6 Å². The summed E-state index contributed by atoms with van der Waals surface area (Å²) in [5.41, 5.74) is 0.376. The van der Waals surface area contributed by atoms with Crippen molar-refractivity contribution in [3.05, 3.63) is 0 Å². The summed E-state index contributed by atoms with van der Waals surface area (Å²) in [5, 5.41) is 3.59. The van der Waals surface area contributed by atoms with Gasteiger partial charge in [-0.15, -0.1) is 0 Å². The van der Waals surface area contributed by atoms with E-state index in [1.54, 1.807) is 0 Å². The predicted octanol–water partition coefficient (Wildman–Crippen LogP) is 1.71. The Kier molecular flexibility index (Phi) is 3.73. The van der Waals surface area contributed by atoms with Crippen LogP contribution >= 0.6 is 0 Å². The maximum atomic E-state index is 3.59. The second kappa shape index (κ2) is 3.75. The molecule has 0 aromatic carbocycles. The Hall–Kier alpha value is -0.0800. The van der Waals surface area contributed by atoms with Gasteiger partial charge in [0.25, 0.3) is 0 Å². The van der Waals surface area contributed by atoms with E-state index in [1.165, 1.54) is 0 Å². The van der Waals surface area contributed by atoms with Crippen molar-refractivity contribution in [2.75, 3.05) is 20.6 Å². The molecule has 0 aliphatic heterocycles. The minimum absolute atomic E-state index is 0.182. The Morgan fingerprint density at radius 1 is 1.00 bits per heavy atom. The highest BCUT2D eigenvalue weighted by atomic mass is 15.1. The number of nitrogens with one attached hydrogen (secondary N) is 1. The van der Waals surface area contributed by atoms with E-state index in [1.807, 2.05) is 0 Å². The second-order valence-electron chi connectivity index (χ2n) is 5.50. The van der Waals surface area contributed by atoms with Crippen molar-refractivity contribution in [2.24, 2.45) is 0 Å². The van der Waals surface area contributed by atoms with Crippen LogP contribution in [0.3, 0.4) is 0 Å². The highest BCUT2D eigenvalue weighted by Gasteiger charge is 2.24. The van der Waals surface area contributed by atoms with Gasteiger partial charge >= 0.3 is 0 Å². The summed E-state index contributed by atoms with van der Waals surface area (Å²) in [4.78, 5) is 2.21. The Balaban J connectivity index is 4.04. The monoisotopic (exact) mass is 172 g/mol. The lowest BCUT2D eigenvalue weighted by molar-refractivity contribution is 0.219. The molecule has 0 rings (SSSR count). The molecule has 0 bridgehead atoms. The fourth-order valence-corrected chi connectivity index (χ4v) is 1.85. The zero-order chi connectivity index (χ0) is 9.99. The third kappa shape index (κ3) is 6.62. The van der Waals surface area contributed by atoms with Gasteiger partial charge < -0.3 is 10.2 Å². The van der Waals surface area contributed by atoms with E-state index in [4.69, 9.17) is 0 Å². The van der Waals surface area contributed by atoms with Crippen molar-refractivity contribution in [1.82, 2.24) is 10.2 Å². The second-order valence-corrected chi connectivity index (χ2v) is 5.50. The Labute approximate surface area is 77.3 Å². The molecule has 0 radical (unpaired) electrons. The predicted molar refractivity (Wildman–Crippen MR) is 55.5 cm³/mol. The number of likely N-dealkylation sites (N-methyl/N-ethyl adjacent to an activating group) is 1. The minimum Gasteiger partial charge on any atom is -0.308 e. The number of hydrogen-bond donors (Lipinski definition) is 1. The van der Waals surface area contributed by atoms with Crippen LogP contribution in [0.4, 0.5) is 0 Å². The molecule has 0 saturated heterocycles. The Morgan fingerprint density at radius 3 is 1.67 bits per heavy atom. The lowest BCUT2D eigenvalue weighted by Gasteiger charge is -2.36. The average Bonchev–Trinajstić information content (AvgIpc) is 1.48. The molecule has 0 fully saturated rings. The average molecular weight is 172 g/mol. The highest BCUT2D eigenvalue weighted by Crippen LogP contribution is 2.10. The topological polar surface area (TPSA) is 15.3 Å². The van der Waals surface area contributed by atoms with E-state index in [0.29, 0.717) is 0 Å². The van der Waals surface area contributed by atoms with E-state index >= 15 is 0 Å². The van der Waals surface area contributed by atoms with Crippen molar-refractivity contribution >= 4 is 0 Å². The van der Waals surface area contributed by atoms with Gasteiger partial charge in [0, 0.05) is 17.6 Å². The molecule has 0 aliphatic rings. The van der Waals surface area contributed by atoms with Crippen molar-refractivity contribution in [3.63, 3.8) is 0 Å². The molecule has 2 heteroatoms. The minimum atomic E-state index is 0.182. The first kappa shape index (κ1) is 11.9. The molecule has 0 aromatic rings. The number of rotatable bonds is 3. The first-order chi connectivity index (χ1) is 5.12. The van der Waals surface area contributed by atoms with E-state index in [2.05, 4.69) is 58.9 Å². The summed E-state index contributed by atoms with van der Waals surface area (Å²) in [6.45, 7) is 12.1. The van der Waals surface area contributed by atoms with Gasteiger partial charge in [-0.1, -0.05) is 0 Å². The molecule has 0 atom stereocenters. The normalized spacial score (nSPS) is 14.0. The zero-order valence-corrected chi connectivity index (χ0v) is 9.65. The SMILES string of the molecule is CN(C)CC(C)(C)NC(C)(C)C. The van der Waals surface area contributed by atoms with Gasteiger partial charge in [-0.25, -0.2) is 0 Å². The van der Waals surface area contributed by atoms with Crippen LogP contribution < -0.4 is 5.32 Å². The maximum absolute atomic E-state index is 3.59. The summed E-state index contributed by atoms with van der Waals surface area (Å²) in [6, 6.07) is 0. The summed E-state index contributed by atoms with van der Waals surface area (Å²) in [5.74, 6) is 0. The van der Waals surface area contributed by atoms with E-state index in [-0.39, 0.29) is 11.1 Å². The number of nitrogens with zero attached hydrogens (tertiary/aromatic N) is 1. The summed E-state index contributed by atoms with van der Waals surface area (Å²) < 4.78 is 0. The molecule has 0 aromatic heterocycles. The van der Waals surface area contributed by atoms with Gasteiger partial charge in [-0.3, -0.25) is 0 Å².